The lowest BCUT2D eigenvalue weighted by molar-refractivity contribution is 0.0527. The van der Waals surface area contributed by atoms with Crippen molar-refractivity contribution in [3.05, 3.63) is 16.0 Å². The number of nitrogens with one attached hydrogen (secondary N) is 2. The second kappa shape index (κ2) is 8.83. The fourth-order valence-corrected chi connectivity index (χ4v) is 3.34. The number of hydrogen-bond donors (Lipinski definition) is 2. The molecule has 1 aromatic rings. The van der Waals surface area contributed by atoms with Crippen LogP contribution in [0.3, 0.4) is 0 Å². The molecule has 0 atom stereocenters. The number of ether oxygens (including phenoxy) is 2. The van der Waals surface area contributed by atoms with Gasteiger partial charge in [-0.2, -0.15) is 0 Å². The van der Waals surface area contributed by atoms with Gasteiger partial charge in [-0.15, -0.1) is 11.3 Å². The highest BCUT2D eigenvalue weighted by molar-refractivity contribution is 7.80. The summed E-state index contributed by atoms with van der Waals surface area (Å²) in [5, 5.41) is 6.85. The van der Waals surface area contributed by atoms with Crippen LogP contribution in [0.1, 0.15) is 53.3 Å². The van der Waals surface area contributed by atoms with Crippen LogP contribution in [0.15, 0.2) is 0 Å². The van der Waals surface area contributed by atoms with E-state index < -0.39 is 11.9 Å². The summed E-state index contributed by atoms with van der Waals surface area (Å²) >= 11 is 6.34. The molecule has 0 unspecified atom stereocenters. The first-order valence-corrected chi connectivity index (χ1v) is 8.59. The number of carbonyl (C=O) groups is 2. The summed E-state index contributed by atoms with van der Waals surface area (Å²) in [4.78, 5) is 24.6. The summed E-state index contributed by atoms with van der Waals surface area (Å²) in [6.07, 6.45) is 0. The lowest BCUT2D eigenvalue weighted by Crippen LogP contribution is -2.34. The van der Waals surface area contributed by atoms with E-state index >= 15 is 0 Å². The molecule has 0 radical (unpaired) electrons. The Morgan fingerprint density at radius 3 is 2.26 bits per heavy atom. The molecule has 8 heteroatoms. The Hall–Kier alpha value is -1.67. The zero-order chi connectivity index (χ0) is 17.6. The van der Waals surface area contributed by atoms with Crippen LogP contribution in [-0.2, 0) is 9.47 Å². The smallest absolute Gasteiger partial charge is 0.348 e. The second-order valence-corrected chi connectivity index (χ2v) is 6.38. The number of thiophene rings is 1. The van der Waals surface area contributed by atoms with Gasteiger partial charge in [0.1, 0.15) is 9.88 Å². The minimum absolute atomic E-state index is 0.145. The number of esters is 2. The van der Waals surface area contributed by atoms with Crippen LogP contribution in [0.2, 0.25) is 0 Å². The summed E-state index contributed by atoms with van der Waals surface area (Å²) in [6, 6.07) is 0.145. The largest absolute Gasteiger partial charge is 0.462 e. The molecule has 0 aliphatic heterocycles. The van der Waals surface area contributed by atoms with Crippen LogP contribution < -0.4 is 10.6 Å². The Balaban J connectivity index is 3.20. The van der Waals surface area contributed by atoms with Gasteiger partial charge in [-0.25, -0.2) is 9.59 Å². The Kier molecular flexibility index (Phi) is 7.44. The van der Waals surface area contributed by atoms with E-state index in [4.69, 9.17) is 21.7 Å². The predicted octanol–water partition coefficient (Wildman–Crippen LogP) is 3.10. The van der Waals surface area contributed by atoms with Gasteiger partial charge in [-0.05, 0) is 52.4 Å². The van der Waals surface area contributed by atoms with Crippen molar-refractivity contribution in [2.24, 2.45) is 0 Å². The highest BCUT2D eigenvalue weighted by atomic mass is 32.1. The lowest BCUT2D eigenvalue weighted by atomic mass is 10.1. The molecule has 0 saturated heterocycles. The van der Waals surface area contributed by atoms with Crippen molar-refractivity contribution in [1.29, 1.82) is 0 Å². The molecule has 1 aromatic heterocycles. The molecule has 0 aliphatic carbocycles. The Bertz CT molecular complexity index is 597. The highest BCUT2D eigenvalue weighted by Gasteiger charge is 2.26. The van der Waals surface area contributed by atoms with Gasteiger partial charge in [-0.3, -0.25) is 0 Å². The van der Waals surface area contributed by atoms with E-state index in [0.29, 0.717) is 26.1 Å². The van der Waals surface area contributed by atoms with E-state index in [-0.39, 0.29) is 19.3 Å². The summed E-state index contributed by atoms with van der Waals surface area (Å²) in [5.41, 5.74) is 0.842. The van der Waals surface area contributed by atoms with Gasteiger partial charge >= 0.3 is 11.9 Å². The standard InChI is InChI=1S/C15H22N2O4S2/c1-6-20-13(18)10-9(5)11(14(19)21-7-2)23-12(10)17-15(22)16-8(3)4/h8H,6-7H2,1-5H3,(H2,16,17,22). The van der Waals surface area contributed by atoms with Crippen molar-refractivity contribution >= 4 is 45.6 Å². The molecular weight excluding hydrogens is 336 g/mol. The Labute approximate surface area is 145 Å². The molecule has 0 aromatic carbocycles. The molecule has 0 bridgehead atoms. The monoisotopic (exact) mass is 358 g/mol. The number of thiocarbonyl (C=S) groups is 1. The molecular formula is C15H22N2O4S2. The fourth-order valence-electron chi connectivity index (χ4n) is 1.84. The summed E-state index contributed by atoms with van der Waals surface area (Å²) < 4.78 is 10.1. The summed E-state index contributed by atoms with van der Waals surface area (Å²) in [5.74, 6) is -0.956. The van der Waals surface area contributed by atoms with Crippen molar-refractivity contribution in [2.75, 3.05) is 18.5 Å². The SMILES string of the molecule is CCOC(=O)c1sc(NC(=S)NC(C)C)c(C(=O)OCC)c1C. The van der Waals surface area contributed by atoms with E-state index in [9.17, 15) is 9.59 Å². The average molecular weight is 358 g/mol. The molecule has 0 fully saturated rings. The molecule has 6 nitrogen and oxygen atoms in total. The van der Waals surface area contributed by atoms with Gasteiger partial charge in [0.15, 0.2) is 5.11 Å². The number of anilines is 1. The third-order valence-electron chi connectivity index (χ3n) is 2.73. The van der Waals surface area contributed by atoms with E-state index in [1.54, 1.807) is 20.8 Å². The van der Waals surface area contributed by atoms with E-state index in [1.165, 1.54) is 0 Å². The second-order valence-electron chi connectivity index (χ2n) is 4.95. The normalized spacial score (nSPS) is 10.3. The molecule has 128 valence electrons. The molecule has 1 rings (SSSR count). The van der Waals surface area contributed by atoms with Crippen molar-refractivity contribution < 1.29 is 19.1 Å². The molecule has 0 spiro atoms. The van der Waals surface area contributed by atoms with Crippen LogP contribution in [0.4, 0.5) is 5.00 Å². The zero-order valence-corrected chi connectivity index (χ0v) is 15.6. The van der Waals surface area contributed by atoms with E-state index in [1.807, 2.05) is 13.8 Å². The van der Waals surface area contributed by atoms with E-state index in [0.717, 1.165) is 11.3 Å². The van der Waals surface area contributed by atoms with Crippen molar-refractivity contribution in [3.8, 4) is 0 Å². The molecule has 2 N–H and O–H groups in total. The molecule has 0 saturated carbocycles. The summed E-state index contributed by atoms with van der Waals surface area (Å²) in [7, 11) is 0. The lowest BCUT2D eigenvalue weighted by Gasteiger charge is -2.13. The number of carbonyl (C=O) groups excluding carboxylic acids is 2. The van der Waals surface area contributed by atoms with Gasteiger partial charge in [0.25, 0.3) is 0 Å². The van der Waals surface area contributed by atoms with Crippen molar-refractivity contribution in [2.45, 2.75) is 40.7 Å². The first kappa shape index (κ1) is 19.4. The van der Waals surface area contributed by atoms with Gasteiger partial charge in [0, 0.05) is 6.04 Å². The maximum absolute atomic E-state index is 12.2. The summed E-state index contributed by atoms with van der Waals surface area (Å²) in [6.45, 7) is 9.56. The number of rotatable bonds is 6. The third kappa shape index (κ3) is 5.18. The Morgan fingerprint density at radius 1 is 1.17 bits per heavy atom. The quantitative estimate of drug-likeness (QED) is 0.598. The fraction of sp³-hybridized carbons (Fsp3) is 0.533. The molecule has 0 amide bonds. The van der Waals surface area contributed by atoms with Gasteiger partial charge < -0.3 is 20.1 Å². The maximum Gasteiger partial charge on any atom is 0.348 e. The topological polar surface area (TPSA) is 76.7 Å². The highest BCUT2D eigenvalue weighted by Crippen LogP contribution is 2.34. The molecule has 0 aliphatic rings. The van der Waals surface area contributed by atoms with E-state index in [2.05, 4.69) is 10.6 Å². The van der Waals surface area contributed by atoms with Crippen LogP contribution in [-0.4, -0.2) is 36.3 Å². The first-order chi connectivity index (χ1) is 10.8. The van der Waals surface area contributed by atoms with Crippen LogP contribution in [0.25, 0.3) is 0 Å². The van der Waals surface area contributed by atoms with Crippen LogP contribution in [0.5, 0.6) is 0 Å². The third-order valence-corrected chi connectivity index (χ3v) is 4.14. The number of hydrogen-bond acceptors (Lipinski definition) is 6. The van der Waals surface area contributed by atoms with Crippen molar-refractivity contribution in [3.63, 3.8) is 0 Å². The van der Waals surface area contributed by atoms with Gasteiger partial charge in [0.05, 0.1) is 18.8 Å². The average Bonchev–Trinajstić information content (AvgIpc) is 2.75. The van der Waals surface area contributed by atoms with Crippen LogP contribution in [0, 0.1) is 6.92 Å². The minimum atomic E-state index is -0.494. The van der Waals surface area contributed by atoms with Crippen molar-refractivity contribution in [1.82, 2.24) is 5.32 Å². The zero-order valence-electron chi connectivity index (χ0n) is 13.9. The minimum Gasteiger partial charge on any atom is -0.462 e. The van der Waals surface area contributed by atoms with Gasteiger partial charge in [0.2, 0.25) is 0 Å². The maximum atomic E-state index is 12.2. The van der Waals surface area contributed by atoms with Gasteiger partial charge in [-0.1, -0.05) is 0 Å². The first-order valence-electron chi connectivity index (χ1n) is 7.36. The molecule has 23 heavy (non-hydrogen) atoms. The predicted molar refractivity (Wildman–Crippen MR) is 95.5 cm³/mol. The molecule has 1 heterocycles. The van der Waals surface area contributed by atoms with Crippen LogP contribution >= 0.6 is 23.6 Å². The Morgan fingerprint density at radius 2 is 1.74 bits per heavy atom.